The zero-order valence-electron chi connectivity index (χ0n) is 13.0. The second-order valence-electron chi connectivity index (χ2n) is 5.08. The first-order chi connectivity index (χ1) is 10.7. The molecule has 118 valence electrons. The number of carbonyl (C=O) groups is 1. The molecule has 1 amide bonds. The second-order valence-corrected chi connectivity index (χ2v) is 5.08. The summed E-state index contributed by atoms with van der Waals surface area (Å²) < 4.78 is 10.7. The van der Waals surface area contributed by atoms with Crippen molar-refractivity contribution in [3.05, 3.63) is 23.8 Å². The minimum Gasteiger partial charge on any atom is -0.493 e. The molecule has 1 saturated heterocycles. The van der Waals surface area contributed by atoms with E-state index in [9.17, 15) is 4.79 Å². The molecule has 0 bridgehead atoms. The van der Waals surface area contributed by atoms with Crippen molar-refractivity contribution in [3.8, 4) is 17.6 Å². The van der Waals surface area contributed by atoms with E-state index in [2.05, 4.69) is 11.8 Å². The fourth-order valence-corrected chi connectivity index (χ4v) is 2.40. The number of carbonyl (C=O) groups excluding carboxylic acids is 1. The van der Waals surface area contributed by atoms with Gasteiger partial charge < -0.3 is 19.3 Å². The molecule has 2 rings (SSSR count). The molecule has 0 aromatic heterocycles. The summed E-state index contributed by atoms with van der Waals surface area (Å²) in [6, 6.07) is 6.93. The van der Waals surface area contributed by atoms with Crippen LogP contribution in [0.4, 0.5) is 0 Å². The molecule has 0 aliphatic carbocycles. The van der Waals surface area contributed by atoms with Crippen LogP contribution < -0.4 is 9.47 Å². The summed E-state index contributed by atoms with van der Waals surface area (Å²) in [6.07, 6.45) is 0. The number of ether oxygens (including phenoxy) is 2. The number of rotatable bonds is 5. The highest BCUT2D eigenvalue weighted by molar-refractivity contribution is 5.78. The Bertz CT molecular complexity index is 560. The summed E-state index contributed by atoms with van der Waals surface area (Å²) in [5.74, 6) is 0.909. The van der Waals surface area contributed by atoms with E-state index < -0.39 is 0 Å². The number of amides is 1. The molecule has 1 aliphatic rings. The monoisotopic (exact) mass is 303 g/mol. The van der Waals surface area contributed by atoms with Crippen LogP contribution >= 0.6 is 0 Å². The summed E-state index contributed by atoms with van der Waals surface area (Å²) in [7, 11) is 1.51. The lowest BCUT2D eigenvalue weighted by atomic mass is 10.2. The van der Waals surface area contributed by atoms with Gasteiger partial charge >= 0.3 is 0 Å². The number of hydrogen-bond donors (Lipinski definition) is 0. The van der Waals surface area contributed by atoms with E-state index in [1.165, 1.54) is 7.11 Å². The maximum atomic E-state index is 12.2. The number of nitriles is 1. The van der Waals surface area contributed by atoms with Gasteiger partial charge in [-0.15, -0.1) is 0 Å². The van der Waals surface area contributed by atoms with Crippen LogP contribution in [0.5, 0.6) is 11.5 Å². The Hall–Kier alpha value is -2.26. The van der Waals surface area contributed by atoms with E-state index in [0.29, 0.717) is 17.1 Å². The summed E-state index contributed by atoms with van der Waals surface area (Å²) in [4.78, 5) is 16.3. The Balaban J connectivity index is 1.90. The van der Waals surface area contributed by atoms with E-state index >= 15 is 0 Å². The molecule has 22 heavy (non-hydrogen) atoms. The summed E-state index contributed by atoms with van der Waals surface area (Å²) in [5, 5.41) is 8.87. The van der Waals surface area contributed by atoms with Gasteiger partial charge in [-0.25, -0.2) is 0 Å². The Morgan fingerprint density at radius 3 is 2.59 bits per heavy atom. The number of likely N-dealkylation sites (N-methyl/N-ethyl adjacent to an activating group) is 1. The fourth-order valence-electron chi connectivity index (χ4n) is 2.40. The number of methoxy groups -OCH3 is 1. The first kappa shape index (κ1) is 16.1. The lowest BCUT2D eigenvalue weighted by molar-refractivity contribution is -0.135. The van der Waals surface area contributed by atoms with Crippen LogP contribution in [0.1, 0.15) is 12.5 Å². The summed E-state index contributed by atoms with van der Waals surface area (Å²) in [5.41, 5.74) is 0.492. The average Bonchev–Trinajstić information content (AvgIpc) is 2.59. The van der Waals surface area contributed by atoms with Gasteiger partial charge in [-0.2, -0.15) is 5.26 Å². The van der Waals surface area contributed by atoms with Crippen LogP contribution in [-0.2, 0) is 4.79 Å². The van der Waals surface area contributed by atoms with E-state index in [-0.39, 0.29) is 12.5 Å². The topological polar surface area (TPSA) is 65.8 Å². The molecule has 0 unspecified atom stereocenters. The molecular formula is C16H21N3O3. The van der Waals surface area contributed by atoms with Gasteiger partial charge in [-0.1, -0.05) is 6.92 Å². The molecule has 1 aromatic rings. The molecule has 1 fully saturated rings. The lowest BCUT2D eigenvalue weighted by Gasteiger charge is -2.33. The minimum absolute atomic E-state index is 0.0195. The van der Waals surface area contributed by atoms with Crippen LogP contribution in [0, 0.1) is 11.3 Å². The quantitative estimate of drug-likeness (QED) is 0.815. The van der Waals surface area contributed by atoms with Crippen molar-refractivity contribution in [1.29, 1.82) is 5.26 Å². The fraction of sp³-hybridized carbons (Fsp3) is 0.500. The van der Waals surface area contributed by atoms with Crippen molar-refractivity contribution in [2.75, 3.05) is 46.4 Å². The van der Waals surface area contributed by atoms with Crippen LogP contribution in [0.3, 0.4) is 0 Å². The number of hydrogen-bond acceptors (Lipinski definition) is 5. The van der Waals surface area contributed by atoms with Gasteiger partial charge in [-0.3, -0.25) is 4.79 Å². The summed E-state index contributed by atoms with van der Waals surface area (Å²) in [6.45, 7) is 6.40. The first-order valence-corrected chi connectivity index (χ1v) is 7.39. The standard InChI is InChI=1S/C16H21N3O3/c1-3-18-6-8-19(9-7-18)16(20)12-22-14-5-4-13(11-17)10-15(14)21-2/h4-5,10H,3,6-9,12H2,1-2H3. The van der Waals surface area contributed by atoms with E-state index in [4.69, 9.17) is 14.7 Å². The van der Waals surface area contributed by atoms with Crippen molar-refractivity contribution in [1.82, 2.24) is 9.80 Å². The third kappa shape index (κ3) is 3.89. The molecule has 0 radical (unpaired) electrons. The Kier molecular flexibility index (Phi) is 5.61. The largest absolute Gasteiger partial charge is 0.493 e. The van der Waals surface area contributed by atoms with Crippen molar-refractivity contribution in [2.45, 2.75) is 6.92 Å². The third-order valence-corrected chi connectivity index (χ3v) is 3.82. The maximum absolute atomic E-state index is 12.2. The molecular weight excluding hydrogens is 282 g/mol. The smallest absolute Gasteiger partial charge is 0.260 e. The van der Waals surface area contributed by atoms with Crippen LogP contribution in [0.2, 0.25) is 0 Å². The highest BCUT2D eigenvalue weighted by Crippen LogP contribution is 2.27. The molecule has 6 heteroatoms. The normalized spacial score (nSPS) is 15.2. The van der Waals surface area contributed by atoms with Crippen molar-refractivity contribution < 1.29 is 14.3 Å². The van der Waals surface area contributed by atoms with Gasteiger partial charge in [0.05, 0.1) is 18.7 Å². The van der Waals surface area contributed by atoms with Gasteiger partial charge in [-0.05, 0) is 18.7 Å². The molecule has 6 nitrogen and oxygen atoms in total. The predicted octanol–water partition coefficient (Wildman–Crippen LogP) is 1.11. The Labute approximate surface area is 130 Å². The van der Waals surface area contributed by atoms with E-state index in [1.54, 1.807) is 18.2 Å². The van der Waals surface area contributed by atoms with Gasteiger partial charge in [0, 0.05) is 32.2 Å². The molecule has 1 aromatic carbocycles. The summed E-state index contributed by atoms with van der Waals surface area (Å²) >= 11 is 0. The molecule has 1 aliphatic heterocycles. The van der Waals surface area contributed by atoms with E-state index in [1.807, 2.05) is 11.0 Å². The van der Waals surface area contributed by atoms with Crippen LogP contribution in [0.25, 0.3) is 0 Å². The highest BCUT2D eigenvalue weighted by atomic mass is 16.5. The second kappa shape index (κ2) is 7.66. The van der Waals surface area contributed by atoms with Crippen molar-refractivity contribution >= 4 is 5.91 Å². The van der Waals surface area contributed by atoms with Gasteiger partial charge in [0.15, 0.2) is 18.1 Å². The SMILES string of the molecule is CCN1CCN(C(=O)COc2ccc(C#N)cc2OC)CC1. The highest BCUT2D eigenvalue weighted by Gasteiger charge is 2.20. The molecule has 0 atom stereocenters. The third-order valence-electron chi connectivity index (χ3n) is 3.82. The first-order valence-electron chi connectivity index (χ1n) is 7.39. The average molecular weight is 303 g/mol. The predicted molar refractivity (Wildman–Crippen MR) is 81.9 cm³/mol. The van der Waals surface area contributed by atoms with Crippen LogP contribution in [0.15, 0.2) is 18.2 Å². The van der Waals surface area contributed by atoms with Gasteiger partial charge in [0.25, 0.3) is 5.91 Å². The van der Waals surface area contributed by atoms with Crippen LogP contribution in [-0.4, -0.2) is 62.1 Å². The number of nitrogens with zero attached hydrogens (tertiary/aromatic N) is 3. The number of benzene rings is 1. The zero-order valence-corrected chi connectivity index (χ0v) is 13.0. The molecule has 0 saturated carbocycles. The Morgan fingerprint density at radius 1 is 1.27 bits per heavy atom. The van der Waals surface area contributed by atoms with Gasteiger partial charge in [0.1, 0.15) is 0 Å². The van der Waals surface area contributed by atoms with Crippen molar-refractivity contribution in [3.63, 3.8) is 0 Å². The lowest BCUT2D eigenvalue weighted by Crippen LogP contribution is -2.49. The molecule has 0 N–H and O–H groups in total. The number of piperazine rings is 1. The zero-order chi connectivity index (χ0) is 15.9. The molecule has 1 heterocycles. The van der Waals surface area contributed by atoms with Crippen molar-refractivity contribution in [2.24, 2.45) is 0 Å². The Morgan fingerprint density at radius 2 is 2.00 bits per heavy atom. The van der Waals surface area contributed by atoms with E-state index in [0.717, 1.165) is 32.7 Å². The minimum atomic E-state index is -0.0258. The molecule has 0 spiro atoms. The van der Waals surface area contributed by atoms with Gasteiger partial charge in [0.2, 0.25) is 0 Å². The maximum Gasteiger partial charge on any atom is 0.260 e.